The second kappa shape index (κ2) is 8.35. The van der Waals surface area contributed by atoms with E-state index in [9.17, 15) is 18.0 Å². The molecule has 0 bridgehead atoms. The fourth-order valence-corrected chi connectivity index (χ4v) is 3.66. The monoisotopic (exact) mass is 389 g/mol. The Morgan fingerprint density at radius 3 is 2.22 bits per heavy atom. The van der Waals surface area contributed by atoms with Gasteiger partial charge in [-0.25, -0.2) is 13.2 Å². The Balaban J connectivity index is 2.18. The zero-order valence-corrected chi connectivity index (χ0v) is 16.6. The van der Waals surface area contributed by atoms with E-state index in [4.69, 9.17) is 4.74 Å². The maximum atomic E-state index is 12.5. The molecule has 27 heavy (non-hydrogen) atoms. The number of carbonyl (C=O) groups excluding carboxylic acids is 2. The van der Waals surface area contributed by atoms with Gasteiger partial charge in [-0.05, 0) is 44.0 Å². The summed E-state index contributed by atoms with van der Waals surface area (Å²) < 4.78 is 29.6. The van der Waals surface area contributed by atoms with Gasteiger partial charge < -0.3 is 10.1 Å². The first-order chi connectivity index (χ1) is 12.7. The first-order valence-corrected chi connectivity index (χ1v) is 10.2. The van der Waals surface area contributed by atoms with Crippen LogP contribution in [-0.2, 0) is 19.4 Å². The fourth-order valence-electron chi connectivity index (χ4n) is 2.58. The highest BCUT2D eigenvalue weighted by Crippen LogP contribution is 2.21. The molecule has 2 aromatic carbocycles. The van der Waals surface area contributed by atoms with Gasteiger partial charge in [0.1, 0.15) is 0 Å². The summed E-state index contributed by atoms with van der Waals surface area (Å²) in [4.78, 5) is 24.8. The molecule has 0 heterocycles. The Morgan fingerprint density at radius 1 is 1.04 bits per heavy atom. The summed E-state index contributed by atoms with van der Waals surface area (Å²) in [6.07, 6.45) is -1.09. The van der Waals surface area contributed by atoms with E-state index in [2.05, 4.69) is 5.32 Å². The van der Waals surface area contributed by atoms with Crippen molar-refractivity contribution in [1.29, 1.82) is 0 Å². The van der Waals surface area contributed by atoms with Crippen molar-refractivity contribution >= 4 is 27.4 Å². The van der Waals surface area contributed by atoms with Crippen molar-refractivity contribution in [2.24, 2.45) is 0 Å². The van der Waals surface area contributed by atoms with Crippen LogP contribution >= 0.6 is 0 Å². The predicted octanol–water partition coefficient (Wildman–Crippen LogP) is 3.28. The van der Waals surface area contributed by atoms with E-state index in [1.807, 2.05) is 32.0 Å². The number of benzene rings is 2. The maximum Gasteiger partial charge on any atom is 0.340 e. The van der Waals surface area contributed by atoms with Gasteiger partial charge in [0.25, 0.3) is 5.91 Å². The molecule has 0 spiro atoms. The van der Waals surface area contributed by atoms with Gasteiger partial charge in [-0.15, -0.1) is 0 Å². The van der Waals surface area contributed by atoms with Gasteiger partial charge >= 0.3 is 5.97 Å². The molecular formula is C20H23NO5S. The quantitative estimate of drug-likeness (QED) is 0.766. The van der Waals surface area contributed by atoms with E-state index >= 15 is 0 Å². The van der Waals surface area contributed by atoms with Gasteiger partial charge in [0, 0.05) is 5.69 Å². The standard InChI is InChI=1S/C20H23NO5S/c1-5-27(24,25)17-12-7-6-11-16(17)20(23)26-15(4)19(22)21-18-13(2)9-8-10-14(18)3/h6-12,15H,5H2,1-4H3,(H,21,22)/t15-/m0/s1. The van der Waals surface area contributed by atoms with Crippen LogP contribution in [-0.4, -0.2) is 32.2 Å². The highest BCUT2D eigenvalue weighted by atomic mass is 32.2. The van der Waals surface area contributed by atoms with Gasteiger partial charge in [0.05, 0.1) is 16.2 Å². The molecule has 7 heteroatoms. The van der Waals surface area contributed by atoms with E-state index in [0.29, 0.717) is 5.69 Å². The molecule has 144 valence electrons. The highest BCUT2D eigenvalue weighted by Gasteiger charge is 2.25. The smallest absolute Gasteiger partial charge is 0.340 e. The normalized spacial score (nSPS) is 12.3. The van der Waals surface area contributed by atoms with Crippen LogP contribution < -0.4 is 5.32 Å². The SMILES string of the molecule is CCS(=O)(=O)c1ccccc1C(=O)O[C@@H](C)C(=O)Nc1c(C)cccc1C. The summed E-state index contributed by atoms with van der Waals surface area (Å²) in [5.41, 5.74) is 2.37. The molecule has 1 atom stereocenters. The van der Waals surface area contributed by atoms with Crippen LogP contribution in [0.15, 0.2) is 47.4 Å². The fraction of sp³-hybridized carbons (Fsp3) is 0.300. The second-order valence-corrected chi connectivity index (χ2v) is 8.45. The number of ether oxygens (including phenoxy) is 1. The topological polar surface area (TPSA) is 89.5 Å². The molecule has 0 fully saturated rings. The molecule has 0 unspecified atom stereocenters. The molecule has 0 aliphatic carbocycles. The molecule has 0 saturated carbocycles. The highest BCUT2D eigenvalue weighted by molar-refractivity contribution is 7.91. The molecule has 0 aliphatic heterocycles. The third-order valence-electron chi connectivity index (χ3n) is 4.20. The van der Waals surface area contributed by atoms with E-state index in [0.717, 1.165) is 11.1 Å². The van der Waals surface area contributed by atoms with Gasteiger partial charge in [0.2, 0.25) is 0 Å². The minimum Gasteiger partial charge on any atom is -0.449 e. The lowest BCUT2D eigenvalue weighted by Crippen LogP contribution is -2.31. The summed E-state index contributed by atoms with van der Waals surface area (Å²) in [5.74, 6) is -1.48. The Bertz CT molecular complexity index is 946. The van der Waals surface area contributed by atoms with Crippen LogP contribution in [0.5, 0.6) is 0 Å². The average Bonchev–Trinajstić information content (AvgIpc) is 2.64. The maximum absolute atomic E-state index is 12.5. The van der Waals surface area contributed by atoms with Crippen molar-refractivity contribution < 1.29 is 22.7 Å². The molecule has 1 N–H and O–H groups in total. The largest absolute Gasteiger partial charge is 0.449 e. The molecule has 0 saturated heterocycles. The molecule has 1 amide bonds. The predicted molar refractivity (Wildman–Crippen MR) is 104 cm³/mol. The Labute approximate surface area is 159 Å². The Kier molecular flexibility index (Phi) is 6.38. The first-order valence-electron chi connectivity index (χ1n) is 8.57. The molecule has 6 nitrogen and oxygen atoms in total. The second-order valence-electron chi connectivity index (χ2n) is 6.20. The van der Waals surface area contributed by atoms with Crippen molar-refractivity contribution in [3.05, 3.63) is 59.2 Å². The summed E-state index contributed by atoms with van der Waals surface area (Å²) in [6, 6.07) is 11.4. The van der Waals surface area contributed by atoms with Gasteiger partial charge in [0.15, 0.2) is 15.9 Å². The lowest BCUT2D eigenvalue weighted by Gasteiger charge is -2.17. The number of aryl methyl sites for hydroxylation is 2. The number of anilines is 1. The number of amides is 1. The van der Waals surface area contributed by atoms with E-state index < -0.39 is 27.8 Å². The minimum atomic E-state index is -3.59. The van der Waals surface area contributed by atoms with Crippen molar-refractivity contribution in [2.45, 2.75) is 38.7 Å². The molecule has 0 aromatic heterocycles. The van der Waals surface area contributed by atoms with Gasteiger partial charge in [-0.2, -0.15) is 0 Å². The third kappa shape index (κ3) is 4.74. The molecular weight excluding hydrogens is 366 g/mol. The zero-order valence-electron chi connectivity index (χ0n) is 15.8. The number of sulfone groups is 1. The summed E-state index contributed by atoms with van der Waals surface area (Å²) >= 11 is 0. The molecule has 0 aliphatic rings. The Morgan fingerprint density at radius 2 is 1.63 bits per heavy atom. The number of hydrogen-bond acceptors (Lipinski definition) is 5. The average molecular weight is 389 g/mol. The molecule has 2 rings (SSSR count). The van der Waals surface area contributed by atoms with Crippen LogP contribution in [0, 0.1) is 13.8 Å². The zero-order chi connectivity index (χ0) is 20.2. The van der Waals surface area contributed by atoms with Crippen LogP contribution in [0.4, 0.5) is 5.69 Å². The van der Waals surface area contributed by atoms with Crippen molar-refractivity contribution in [1.82, 2.24) is 0 Å². The van der Waals surface area contributed by atoms with Crippen LogP contribution in [0.1, 0.15) is 35.3 Å². The lowest BCUT2D eigenvalue weighted by molar-refractivity contribution is -0.123. The number of esters is 1. The minimum absolute atomic E-state index is 0.0777. The lowest BCUT2D eigenvalue weighted by atomic mass is 10.1. The number of para-hydroxylation sites is 1. The van der Waals surface area contributed by atoms with Crippen molar-refractivity contribution in [2.75, 3.05) is 11.1 Å². The number of nitrogens with one attached hydrogen (secondary N) is 1. The van der Waals surface area contributed by atoms with Crippen molar-refractivity contribution in [3.8, 4) is 0 Å². The van der Waals surface area contributed by atoms with E-state index in [1.54, 1.807) is 6.07 Å². The van der Waals surface area contributed by atoms with E-state index in [1.165, 1.54) is 32.0 Å². The van der Waals surface area contributed by atoms with Gasteiger partial charge in [-0.3, -0.25) is 4.79 Å². The van der Waals surface area contributed by atoms with Crippen LogP contribution in [0.3, 0.4) is 0 Å². The third-order valence-corrected chi connectivity index (χ3v) is 5.99. The number of rotatable bonds is 6. The van der Waals surface area contributed by atoms with Crippen LogP contribution in [0.2, 0.25) is 0 Å². The first kappa shape index (κ1) is 20.6. The summed E-state index contributed by atoms with van der Waals surface area (Å²) in [5, 5.41) is 2.76. The van der Waals surface area contributed by atoms with E-state index in [-0.39, 0.29) is 16.2 Å². The number of hydrogen-bond donors (Lipinski definition) is 1. The van der Waals surface area contributed by atoms with Crippen molar-refractivity contribution in [3.63, 3.8) is 0 Å². The summed E-state index contributed by atoms with van der Waals surface area (Å²) in [7, 11) is -3.59. The molecule has 2 aromatic rings. The summed E-state index contributed by atoms with van der Waals surface area (Å²) in [6.45, 7) is 6.67. The number of carbonyl (C=O) groups is 2. The molecule has 0 radical (unpaired) electrons. The van der Waals surface area contributed by atoms with Gasteiger partial charge in [-0.1, -0.05) is 37.3 Å². The van der Waals surface area contributed by atoms with Crippen LogP contribution in [0.25, 0.3) is 0 Å². The Hall–Kier alpha value is -2.67.